The Bertz CT molecular complexity index is 2370. The van der Waals surface area contributed by atoms with Crippen LogP contribution in [-0.4, -0.2) is 106 Å². The summed E-state index contributed by atoms with van der Waals surface area (Å²) in [5.41, 5.74) is 26.1. The molecule has 6 aromatic rings. The van der Waals surface area contributed by atoms with Crippen molar-refractivity contribution < 1.29 is 18.9 Å². The van der Waals surface area contributed by atoms with E-state index in [1.165, 1.54) is 0 Å². The van der Waals surface area contributed by atoms with E-state index < -0.39 is 0 Å². The molecule has 4 aromatic carbocycles. The number of rotatable bonds is 24. The van der Waals surface area contributed by atoms with E-state index in [-0.39, 0.29) is 23.8 Å². The van der Waals surface area contributed by atoms with Gasteiger partial charge in [0.2, 0.25) is 0 Å². The molecule has 0 amide bonds. The average Bonchev–Trinajstić information content (AvgIpc) is 3.98. The summed E-state index contributed by atoms with van der Waals surface area (Å²) in [4.78, 5) is 0. The molecule has 0 fully saturated rings. The molecule has 0 atom stereocenters. The van der Waals surface area contributed by atoms with Crippen LogP contribution in [0.2, 0.25) is 0 Å². The number of guanidine groups is 4. The highest BCUT2D eigenvalue weighted by molar-refractivity contribution is 5.90. The standard InChI is InChI=1S/C42H54N18O4/c43-39(44)51-13-1-17-61-35-11-9-31(23-37(35)63-19-3-15-53-41(47)48)59-25-33(55-57-59)28-7-5-27-6-8-29(22-30(27)21-28)34-26-60(58-56-34)32-10-12-36(62-18-2-14-52-40(45)46)38(24-32)64-20-4-16-54-42(49)50/h5-12,21-26H,1-4,13-20H2,(H4,43,44,51)(H4,45,46,52)(H4,47,48,53)(H4,49,50,54). The highest BCUT2D eigenvalue weighted by atomic mass is 16.5. The van der Waals surface area contributed by atoms with Crippen LogP contribution in [0.15, 0.2) is 85.2 Å². The zero-order valence-corrected chi connectivity index (χ0v) is 35.2. The molecule has 64 heavy (non-hydrogen) atoms. The Morgan fingerprint density at radius 3 is 1.17 bits per heavy atom. The van der Waals surface area contributed by atoms with Crippen LogP contribution < -0.4 is 63.1 Å². The molecular weight excluding hydrogens is 821 g/mol. The predicted molar refractivity (Wildman–Crippen MR) is 245 cm³/mol. The normalized spacial score (nSPS) is 10.8. The molecule has 0 unspecified atom stereocenters. The number of fused-ring (bicyclic) bond motifs is 1. The number of nitrogens with zero attached hydrogens (tertiary/aromatic N) is 6. The van der Waals surface area contributed by atoms with Gasteiger partial charge in [0.05, 0.1) is 50.2 Å². The first-order valence-corrected chi connectivity index (χ1v) is 20.5. The van der Waals surface area contributed by atoms with Crippen molar-refractivity contribution in [2.75, 3.05) is 52.6 Å². The molecule has 2 aromatic heterocycles. The van der Waals surface area contributed by atoms with Crippen LogP contribution >= 0.6 is 0 Å². The number of hydrogen-bond acceptors (Lipinski definition) is 12. The number of aromatic nitrogens is 6. The molecule has 0 radical (unpaired) electrons. The van der Waals surface area contributed by atoms with Gasteiger partial charge in [-0.3, -0.25) is 21.6 Å². The number of nitrogens with two attached hydrogens (primary N) is 4. The van der Waals surface area contributed by atoms with E-state index in [1.54, 1.807) is 9.36 Å². The third-order valence-electron chi connectivity index (χ3n) is 9.38. The Balaban J connectivity index is 1.16. The maximum atomic E-state index is 7.37. The van der Waals surface area contributed by atoms with Crippen LogP contribution in [0.4, 0.5) is 0 Å². The first-order valence-electron chi connectivity index (χ1n) is 20.5. The van der Waals surface area contributed by atoms with Gasteiger partial charge in [0.25, 0.3) is 0 Å². The van der Waals surface area contributed by atoms with Gasteiger partial charge in [-0.25, -0.2) is 9.36 Å². The molecule has 22 nitrogen and oxygen atoms in total. The SMILES string of the molecule is N=C(N)NCCCOc1ccc(-n2cc(-c3ccc4ccc(-c5cn(-c6ccc(OCCCNC(=N)N)c(OCCCNC(=N)N)c6)nn5)cc4c3)nn2)cc1OCCCNC(=N)N. The van der Waals surface area contributed by atoms with Crippen molar-refractivity contribution in [3.63, 3.8) is 0 Å². The van der Waals surface area contributed by atoms with Gasteiger partial charge in [0, 0.05) is 49.4 Å². The van der Waals surface area contributed by atoms with Crippen molar-refractivity contribution >= 4 is 34.6 Å². The van der Waals surface area contributed by atoms with E-state index in [4.69, 9.17) is 63.5 Å². The van der Waals surface area contributed by atoms with E-state index >= 15 is 0 Å². The van der Waals surface area contributed by atoms with Crippen LogP contribution in [0.5, 0.6) is 23.0 Å². The second-order valence-electron chi connectivity index (χ2n) is 14.3. The summed E-state index contributed by atoms with van der Waals surface area (Å²) in [7, 11) is 0. The molecule has 0 spiro atoms. The molecule has 336 valence electrons. The van der Waals surface area contributed by atoms with Crippen molar-refractivity contribution in [2.45, 2.75) is 25.7 Å². The summed E-state index contributed by atoms with van der Waals surface area (Å²) < 4.78 is 27.6. The second kappa shape index (κ2) is 22.5. The quantitative estimate of drug-likeness (QED) is 0.0236. The monoisotopic (exact) mass is 874 g/mol. The van der Waals surface area contributed by atoms with Crippen molar-refractivity contribution in [2.24, 2.45) is 22.9 Å². The van der Waals surface area contributed by atoms with Crippen molar-refractivity contribution in [3.05, 3.63) is 85.2 Å². The van der Waals surface area contributed by atoms with Crippen LogP contribution in [0.3, 0.4) is 0 Å². The van der Waals surface area contributed by atoms with Crippen molar-refractivity contribution in [1.29, 1.82) is 21.6 Å². The molecule has 0 aliphatic heterocycles. The van der Waals surface area contributed by atoms with Crippen LogP contribution in [-0.2, 0) is 0 Å². The minimum atomic E-state index is -0.0993. The average molecular weight is 875 g/mol. The largest absolute Gasteiger partial charge is 0.490 e. The summed E-state index contributed by atoms with van der Waals surface area (Å²) in [5.74, 6) is 1.77. The van der Waals surface area contributed by atoms with Gasteiger partial charge >= 0.3 is 0 Å². The van der Waals surface area contributed by atoms with E-state index in [9.17, 15) is 0 Å². The van der Waals surface area contributed by atoms with Crippen LogP contribution in [0, 0.1) is 21.6 Å². The van der Waals surface area contributed by atoms with Gasteiger partial charge in [-0.1, -0.05) is 34.7 Å². The minimum Gasteiger partial charge on any atom is -0.490 e. The Kier molecular flexibility index (Phi) is 15.9. The summed E-state index contributed by atoms with van der Waals surface area (Å²) in [5, 5.41) is 60.4. The van der Waals surface area contributed by atoms with Crippen molar-refractivity contribution in [3.8, 4) is 56.9 Å². The Morgan fingerprint density at radius 1 is 0.453 bits per heavy atom. The van der Waals surface area contributed by atoms with Gasteiger partial charge in [-0.15, -0.1) is 10.2 Å². The van der Waals surface area contributed by atoms with Crippen LogP contribution in [0.1, 0.15) is 25.7 Å². The first-order chi connectivity index (χ1) is 31.0. The molecular formula is C42H54N18O4. The highest BCUT2D eigenvalue weighted by Crippen LogP contribution is 2.33. The molecule has 0 aliphatic carbocycles. The molecule has 0 saturated heterocycles. The lowest BCUT2D eigenvalue weighted by Crippen LogP contribution is -2.31. The maximum absolute atomic E-state index is 7.37. The fourth-order valence-corrected chi connectivity index (χ4v) is 6.26. The zero-order valence-electron chi connectivity index (χ0n) is 35.2. The number of benzene rings is 4. The third-order valence-corrected chi connectivity index (χ3v) is 9.38. The van der Waals surface area contributed by atoms with Gasteiger partial charge in [0.1, 0.15) is 11.4 Å². The van der Waals surface area contributed by atoms with Crippen molar-refractivity contribution in [1.82, 2.24) is 51.3 Å². The molecule has 0 saturated carbocycles. The van der Waals surface area contributed by atoms with Gasteiger partial charge in [0.15, 0.2) is 46.8 Å². The van der Waals surface area contributed by atoms with Crippen LogP contribution in [0.25, 0.3) is 44.7 Å². The molecule has 6 rings (SSSR count). The summed E-state index contributed by atoms with van der Waals surface area (Å²) >= 11 is 0. The Labute approximate surface area is 369 Å². The molecule has 2 heterocycles. The number of ether oxygens (including phenoxy) is 4. The van der Waals surface area contributed by atoms with E-state index in [1.807, 2.05) is 73.1 Å². The Morgan fingerprint density at radius 2 is 0.812 bits per heavy atom. The Hall–Kier alpha value is -8.30. The fourth-order valence-electron chi connectivity index (χ4n) is 6.26. The topological polar surface area (TPSA) is 346 Å². The lowest BCUT2D eigenvalue weighted by Gasteiger charge is -2.14. The third kappa shape index (κ3) is 13.3. The summed E-state index contributed by atoms with van der Waals surface area (Å²) in [6.07, 6.45) is 6.17. The maximum Gasteiger partial charge on any atom is 0.185 e. The minimum absolute atomic E-state index is 0.0927. The molecule has 22 heteroatoms. The lowest BCUT2D eigenvalue weighted by atomic mass is 10.0. The highest BCUT2D eigenvalue weighted by Gasteiger charge is 2.14. The number of nitrogens with one attached hydrogen (secondary N) is 8. The molecule has 0 bridgehead atoms. The summed E-state index contributed by atoms with van der Waals surface area (Å²) in [6.45, 7) is 3.44. The van der Waals surface area contributed by atoms with Gasteiger partial charge in [-0.2, -0.15) is 0 Å². The van der Waals surface area contributed by atoms with Gasteiger partial charge in [-0.05, 0) is 72.9 Å². The second-order valence-corrected chi connectivity index (χ2v) is 14.3. The van der Waals surface area contributed by atoms with E-state index in [2.05, 4.69) is 54.0 Å². The lowest BCUT2D eigenvalue weighted by molar-refractivity contribution is 0.263. The zero-order chi connectivity index (χ0) is 45.3. The number of hydrogen-bond donors (Lipinski definition) is 12. The van der Waals surface area contributed by atoms with Gasteiger partial charge < -0.3 is 63.1 Å². The first kappa shape index (κ1) is 45.2. The van der Waals surface area contributed by atoms with E-state index in [0.29, 0.717) is 124 Å². The summed E-state index contributed by atoms with van der Waals surface area (Å²) in [6, 6.07) is 23.3. The smallest absolute Gasteiger partial charge is 0.185 e. The molecule has 16 N–H and O–H groups in total. The molecule has 0 aliphatic rings. The predicted octanol–water partition coefficient (Wildman–Crippen LogP) is 2.34. The fraction of sp³-hybridized carbons (Fsp3) is 0.286. The van der Waals surface area contributed by atoms with E-state index in [0.717, 1.165) is 21.9 Å².